The normalized spacial score (nSPS) is 12.5. The highest BCUT2D eigenvalue weighted by atomic mass is 32.2. The van der Waals surface area contributed by atoms with Gasteiger partial charge in [-0.15, -0.1) is 0 Å². The lowest BCUT2D eigenvalue weighted by Gasteiger charge is -2.08. The Bertz CT molecular complexity index is 155. The molecule has 0 aromatic rings. The Labute approximate surface area is 89.2 Å². The summed E-state index contributed by atoms with van der Waals surface area (Å²) in [5, 5.41) is 9.39. The van der Waals surface area contributed by atoms with E-state index in [9.17, 15) is 9.90 Å². The molecule has 1 atom stereocenters. The maximum atomic E-state index is 10.9. The molecule has 0 fully saturated rings. The summed E-state index contributed by atoms with van der Waals surface area (Å²) in [4.78, 5) is 10.9. The van der Waals surface area contributed by atoms with Gasteiger partial charge in [-0.2, -0.15) is 11.8 Å². The van der Waals surface area contributed by atoms with E-state index in [1.165, 1.54) is 0 Å². The molecule has 0 saturated carbocycles. The van der Waals surface area contributed by atoms with Gasteiger partial charge in [0.05, 0.1) is 19.1 Å². The molecule has 4 nitrogen and oxygen atoms in total. The lowest BCUT2D eigenvalue weighted by atomic mass is 10.3. The third kappa shape index (κ3) is 8.34. The number of ether oxygens (including phenoxy) is 1. The largest absolute Gasteiger partial charge is 0.466 e. The number of thioether (sulfide) groups is 1. The minimum absolute atomic E-state index is 0.0868. The number of aliphatic hydroxyl groups is 1. The zero-order chi connectivity index (χ0) is 10.8. The molecule has 0 amide bonds. The average molecular weight is 221 g/mol. The highest BCUT2D eigenvalue weighted by Gasteiger charge is 2.10. The Morgan fingerprint density at radius 2 is 2.36 bits per heavy atom. The number of rotatable bonds is 8. The van der Waals surface area contributed by atoms with Gasteiger partial charge in [0.2, 0.25) is 0 Å². The van der Waals surface area contributed by atoms with Crippen LogP contribution in [0.3, 0.4) is 0 Å². The molecular weight excluding hydrogens is 202 g/mol. The first-order chi connectivity index (χ1) is 6.70. The van der Waals surface area contributed by atoms with Crippen LogP contribution in [0, 0.1) is 0 Å². The van der Waals surface area contributed by atoms with Crippen LogP contribution in [-0.2, 0) is 9.53 Å². The number of hydrogen-bond donors (Lipinski definition) is 2. The van der Waals surface area contributed by atoms with Gasteiger partial charge >= 0.3 is 5.97 Å². The molecule has 0 saturated heterocycles. The van der Waals surface area contributed by atoms with Gasteiger partial charge in [-0.05, 0) is 25.6 Å². The molecule has 0 rings (SSSR count). The standard InChI is InChI=1S/C9H19NO3S/c1-2-13-9(12)6-8(11)7-14-5-3-4-10/h8,11H,2-7,10H2,1H3. The Kier molecular flexibility index (Phi) is 9.13. The Balaban J connectivity index is 3.35. The van der Waals surface area contributed by atoms with Crippen molar-refractivity contribution in [2.24, 2.45) is 5.73 Å². The zero-order valence-corrected chi connectivity index (χ0v) is 9.39. The van der Waals surface area contributed by atoms with Crippen molar-refractivity contribution in [3.05, 3.63) is 0 Å². The number of nitrogens with two attached hydrogens (primary N) is 1. The van der Waals surface area contributed by atoms with E-state index in [0.717, 1.165) is 12.2 Å². The first-order valence-electron chi connectivity index (χ1n) is 4.82. The van der Waals surface area contributed by atoms with Crippen LogP contribution in [0.1, 0.15) is 19.8 Å². The summed E-state index contributed by atoms with van der Waals surface area (Å²) in [5.74, 6) is 1.16. The topological polar surface area (TPSA) is 72.5 Å². The van der Waals surface area contributed by atoms with Gasteiger partial charge in [0.1, 0.15) is 0 Å². The van der Waals surface area contributed by atoms with Gasteiger partial charge in [-0.1, -0.05) is 0 Å². The lowest BCUT2D eigenvalue weighted by molar-refractivity contribution is -0.144. The van der Waals surface area contributed by atoms with Gasteiger partial charge < -0.3 is 15.6 Å². The predicted molar refractivity (Wildman–Crippen MR) is 58.3 cm³/mol. The highest BCUT2D eigenvalue weighted by Crippen LogP contribution is 2.07. The van der Waals surface area contributed by atoms with Crippen molar-refractivity contribution < 1.29 is 14.6 Å². The fourth-order valence-corrected chi connectivity index (χ4v) is 1.80. The molecule has 0 aromatic carbocycles. The second-order valence-corrected chi connectivity index (χ2v) is 4.03. The molecule has 0 aliphatic rings. The summed E-state index contributed by atoms with van der Waals surface area (Å²) in [6.07, 6.45) is 0.428. The van der Waals surface area contributed by atoms with E-state index >= 15 is 0 Å². The van der Waals surface area contributed by atoms with E-state index < -0.39 is 6.10 Å². The van der Waals surface area contributed by atoms with Gasteiger partial charge in [0.15, 0.2) is 0 Å². The molecule has 0 aliphatic heterocycles. The van der Waals surface area contributed by atoms with E-state index in [2.05, 4.69) is 0 Å². The van der Waals surface area contributed by atoms with E-state index in [1.807, 2.05) is 0 Å². The van der Waals surface area contributed by atoms with Crippen molar-refractivity contribution in [1.82, 2.24) is 0 Å². The van der Waals surface area contributed by atoms with Gasteiger partial charge in [-0.3, -0.25) is 4.79 Å². The molecule has 1 unspecified atom stereocenters. The third-order valence-corrected chi connectivity index (χ3v) is 2.71. The highest BCUT2D eigenvalue weighted by molar-refractivity contribution is 7.99. The summed E-state index contributed by atoms with van der Waals surface area (Å²) in [6.45, 7) is 2.78. The lowest BCUT2D eigenvalue weighted by Crippen LogP contribution is -2.18. The average Bonchev–Trinajstić information content (AvgIpc) is 2.13. The maximum Gasteiger partial charge on any atom is 0.308 e. The van der Waals surface area contributed by atoms with Crippen molar-refractivity contribution in [2.45, 2.75) is 25.9 Å². The minimum atomic E-state index is -0.600. The fourth-order valence-electron chi connectivity index (χ4n) is 0.876. The molecule has 0 spiro atoms. The van der Waals surface area contributed by atoms with Crippen molar-refractivity contribution in [1.29, 1.82) is 0 Å². The molecular formula is C9H19NO3S. The molecule has 0 heterocycles. The molecule has 5 heteroatoms. The first-order valence-corrected chi connectivity index (χ1v) is 5.97. The maximum absolute atomic E-state index is 10.9. The Morgan fingerprint density at radius 3 is 2.93 bits per heavy atom. The Morgan fingerprint density at radius 1 is 1.64 bits per heavy atom. The van der Waals surface area contributed by atoms with E-state index in [1.54, 1.807) is 18.7 Å². The number of esters is 1. The van der Waals surface area contributed by atoms with Gasteiger partial charge in [0, 0.05) is 5.75 Å². The van der Waals surface area contributed by atoms with Crippen LogP contribution in [0.25, 0.3) is 0 Å². The second-order valence-electron chi connectivity index (χ2n) is 2.88. The quantitative estimate of drug-likeness (QED) is 0.458. The molecule has 0 aromatic heterocycles. The van der Waals surface area contributed by atoms with E-state index in [0.29, 0.717) is 18.9 Å². The monoisotopic (exact) mass is 221 g/mol. The Hall–Kier alpha value is -0.260. The number of aliphatic hydroxyl groups excluding tert-OH is 1. The third-order valence-electron chi connectivity index (χ3n) is 1.51. The van der Waals surface area contributed by atoms with Crippen LogP contribution in [-0.4, -0.2) is 41.8 Å². The zero-order valence-electron chi connectivity index (χ0n) is 8.57. The van der Waals surface area contributed by atoms with Crippen molar-refractivity contribution >= 4 is 17.7 Å². The van der Waals surface area contributed by atoms with Crippen molar-refractivity contribution in [3.8, 4) is 0 Å². The first kappa shape index (κ1) is 13.7. The number of carbonyl (C=O) groups is 1. The molecule has 84 valence electrons. The molecule has 3 N–H and O–H groups in total. The molecule has 0 bridgehead atoms. The summed E-state index contributed by atoms with van der Waals surface area (Å²) in [7, 11) is 0. The summed E-state index contributed by atoms with van der Waals surface area (Å²) >= 11 is 1.61. The molecule has 14 heavy (non-hydrogen) atoms. The van der Waals surface area contributed by atoms with Crippen LogP contribution < -0.4 is 5.73 Å². The van der Waals surface area contributed by atoms with E-state index in [-0.39, 0.29) is 12.4 Å². The number of hydrogen-bond acceptors (Lipinski definition) is 5. The van der Waals surface area contributed by atoms with Gasteiger partial charge in [0.25, 0.3) is 0 Å². The van der Waals surface area contributed by atoms with Gasteiger partial charge in [-0.25, -0.2) is 0 Å². The SMILES string of the molecule is CCOC(=O)CC(O)CSCCCN. The van der Waals surface area contributed by atoms with Crippen LogP contribution in [0.4, 0.5) is 0 Å². The fraction of sp³-hybridized carbons (Fsp3) is 0.889. The summed E-state index contributed by atoms with van der Waals surface area (Å²) in [5.41, 5.74) is 5.32. The predicted octanol–water partition coefficient (Wildman–Crippen LogP) is 0.383. The summed E-state index contributed by atoms with van der Waals surface area (Å²) in [6, 6.07) is 0. The van der Waals surface area contributed by atoms with Crippen LogP contribution in [0.2, 0.25) is 0 Å². The smallest absolute Gasteiger partial charge is 0.308 e. The minimum Gasteiger partial charge on any atom is -0.466 e. The number of carbonyl (C=O) groups excluding carboxylic acids is 1. The van der Waals surface area contributed by atoms with E-state index in [4.69, 9.17) is 10.5 Å². The van der Waals surface area contributed by atoms with Crippen LogP contribution in [0.5, 0.6) is 0 Å². The van der Waals surface area contributed by atoms with Crippen molar-refractivity contribution in [2.75, 3.05) is 24.7 Å². The van der Waals surface area contributed by atoms with Crippen molar-refractivity contribution in [3.63, 3.8) is 0 Å². The summed E-state index contributed by atoms with van der Waals surface area (Å²) < 4.78 is 4.71. The van der Waals surface area contributed by atoms with Crippen LogP contribution >= 0.6 is 11.8 Å². The van der Waals surface area contributed by atoms with Crippen LogP contribution in [0.15, 0.2) is 0 Å². The molecule has 0 radical (unpaired) electrons. The molecule has 0 aliphatic carbocycles. The second kappa shape index (κ2) is 9.30.